The largest absolute Gasteiger partial charge is 0.480 e. The summed E-state index contributed by atoms with van der Waals surface area (Å²) >= 11 is 0. The highest BCUT2D eigenvalue weighted by molar-refractivity contribution is 5.81. The van der Waals surface area contributed by atoms with Crippen molar-refractivity contribution in [3.8, 4) is 11.1 Å². The summed E-state index contributed by atoms with van der Waals surface area (Å²) in [5.74, 6) is -1.90. The maximum atomic E-state index is 13.8. The average Bonchev–Trinajstić information content (AvgIpc) is 3.07. The normalized spacial score (nSPS) is 13.2. The molecule has 1 atom stereocenters. The van der Waals surface area contributed by atoms with Gasteiger partial charge >= 0.3 is 12.1 Å². The van der Waals surface area contributed by atoms with Crippen LogP contribution in [0, 0.1) is 5.82 Å². The molecule has 4 rings (SSSR count). The van der Waals surface area contributed by atoms with Crippen molar-refractivity contribution < 1.29 is 23.8 Å². The molecule has 0 aromatic heterocycles. The van der Waals surface area contributed by atoms with Crippen molar-refractivity contribution in [2.45, 2.75) is 18.4 Å². The molecule has 0 radical (unpaired) electrons. The maximum absolute atomic E-state index is 13.8. The highest BCUT2D eigenvalue weighted by Crippen LogP contribution is 2.44. The SMILES string of the molecule is O=C(N[C@H](Cc1ccccc1F)C(=O)O)OCC1c2ccccc2-c2ccccc21. The molecule has 6 heteroatoms. The molecule has 1 amide bonds. The van der Waals surface area contributed by atoms with Gasteiger partial charge in [-0.05, 0) is 33.9 Å². The lowest BCUT2D eigenvalue weighted by Crippen LogP contribution is -2.43. The molecular formula is C24H20FNO4. The monoisotopic (exact) mass is 405 g/mol. The Kier molecular flexibility index (Phi) is 5.48. The Hall–Kier alpha value is -3.67. The number of ether oxygens (including phenoxy) is 1. The lowest BCUT2D eigenvalue weighted by atomic mass is 9.98. The number of carbonyl (C=O) groups excluding carboxylic acids is 1. The van der Waals surface area contributed by atoms with Crippen LogP contribution in [0.15, 0.2) is 72.8 Å². The van der Waals surface area contributed by atoms with Crippen molar-refractivity contribution >= 4 is 12.1 Å². The van der Waals surface area contributed by atoms with Crippen LogP contribution in [-0.4, -0.2) is 29.8 Å². The van der Waals surface area contributed by atoms with Crippen molar-refractivity contribution in [3.05, 3.63) is 95.3 Å². The molecule has 0 unspecified atom stereocenters. The Morgan fingerprint density at radius 2 is 1.50 bits per heavy atom. The highest BCUT2D eigenvalue weighted by atomic mass is 19.1. The lowest BCUT2D eigenvalue weighted by Gasteiger charge is -2.17. The number of carboxylic acid groups (broad SMARTS) is 1. The molecular weight excluding hydrogens is 385 g/mol. The first kappa shape index (κ1) is 19.6. The Balaban J connectivity index is 1.44. The smallest absolute Gasteiger partial charge is 0.407 e. The van der Waals surface area contributed by atoms with Crippen molar-refractivity contribution in [2.75, 3.05) is 6.61 Å². The van der Waals surface area contributed by atoms with Gasteiger partial charge in [-0.2, -0.15) is 0 Å². The molecule has 1 aliphatic rings. The van der Waals surface area contributed by atoms with Gasteiger partial charge in [-0.3, -0.25) is 0 Å². The summed E-state index contributed by atoms with van der Waals surface area (Å²) in [6.07, 6.45) is -1.02. The molecule has 3 aromatic carbocycles. The van der Waals surface area contributed by atoms with Crippen LogP contribution in [0.25, 0.3) is 11.1 Å². The van der Waals surface area contributed by atoms with Gasteiger partial charge in [0.15, 0.2) is 0 Å². The fraction of sp³-hybridized carbons (Fsp3) is 0.167. The molecule has 0 heterocycles. The van der Waals surface area contributed by atoms with Gasteiger partial charge in [-0.25, -0.2) is 14.0 Å². The number of hydrogen-bond donors (Lipinski definition) is 2. The number of benzene rings is 3. The summed E-state index contributed by atoms with van der Waals surface area (Å²) in [7, 11) is 0. The number of halogens is 1. The third-order valence-corrected chi connectivity index (χ3v) is 5.32. The van der Waals surface area contributed by atoms with E-state index >= 15 is 0 Å². The Bertz CT molecular complexity index is 1050. The number of aliphatic carboxylic acids is 1. The summed E-state index contributed by atoms with van der Waals surface area (Å²) < 4.78 is 19.2. The van der Waals surface area contributed by atoms with E-state index in [-0.39, 0.29) is 24.5 Å². The average molecular weight is 405 g/mol. The molecule has 3 aromatic rings. The fourth-order valence-electron chi connectivity index (χ4n) is 3.87. The summed E-state index contributed by atoms with van der Waals surface area (Å²) in [5.41, 5.74) is 4.54. The van der Waals surface area contributed by atoms with Gasteiger partial charge < -0.3 is 15.2 Å². The highest BCUT2D eigenvalue weighted by Gasteiger charge is 2.30. The maximum Gasteiger partial charge on any atom is 0.407 e. The van der Waals surface area contributed by atoms with Crippen molar-refractivity contribution in [3.63, 3.8) is 0 Å². The van der Waals surface area contributed by atoms with Crippen LogP contribution < -0.4 is 5.32 Å². The molecule has 5 nitrogen and oxygen atoms in total. The topological polar surface area (TPSA) is 75.6 Å². The standard InChI is InChI=1S/C24H20FNO4/c25-21-12-6-1-7-15(21)13-22(23(27)28)26-24(29)30-14-20-18-10-4-2-8-16(18)17-9-3-5-11-19(17)20/h1-12,20,22H,13-14H2,(H,26,29)(H,27,28)/t22-/m1/s1. The predicted octanol–water partition coefficient (Wildman–Crippen LogP) is 4.36. The minimum absolute atomic E-state index is 0.0753. The molecule has 1 aliphatic carbocycles. The zero-order valence-corrected chi connectivity index (χ0v) is 16.0. The van der Waals surface area contributed by atoms with Crippen LogP contribution in [0.4, 0.5) is 9.18 Å². The van der Waals surface area contributed by atoms with Gasteiger partial charge in [0, 0.05) is 12.3 Å². The van der Waals surface area contributed by atoms with Gasteiger partial charge in [0.25, 0.3) is 0 Å². The van der Waals surface area contributed by atoms with Crippen LogP contribution in [0.3, 0.4) is 0 Å². The third kappa shape index (κ3) is 3.89. The number of fused-ring (bicyclic) bond motifs is 3. The molecule has 0 fully saturated rings. The van der Waals surface area contributed by atoms with E-state index in [1.165, 1.54) is 18.2 Å². The van der Waals surface area contributed by atoms with Crippen LogP contribution in [0.2, 0.25) is 0 Å². The minimum Gasteiger partial charge on any atom is -0.480 e. The molecule has 0 spiro atoms. The van der Waals surface area contributed by atoms with Crippen LogP contribution in [0.1, 0.15) is 22.6 Å². The molecule has 152 valence electrons. The number of carboxylic acids is 1. The Morgan fingerprint density at radius 1 is 0.933 bits per heavy atom. The second-order valence-electron chi connectivity index (χ2n) is 7.16. The summed E-state index contributed by atoms with van der Waals surface area (Å²) in [6.45, 7) is 0.0753. The van der Waals surface area contributed by atoms with E-state index in [1.54, 1.807) is 6.07 Å². The van der Waals surface area contributed by atoms with Crippen LogP contribution >= 0.6 is 0 Å². The van der Waals surface area contributed by atoms with E-state index in [4.69, 9.17) is 4.74 Å². The van der Waals surface area contributed by atoms with Gasteiger partial charge in [0.05, 0.1) is 0 Å². The first-order valence-electron chi connectivity index (χ1n) is 9.62. The van der Waals surface area contributed by atoms with Crippen molar-refractivity contribution in [1.82, 2.24) is 5.32 Å². The van der Waals surface area contributed by atoms with E-state index in [2.05, 4.69) is 5.32 Å². The number of rotatable bonds is 6. The zero-order chi connectivity index (χ0) is 21.1. The molecule has 0 saturated carbocycles. The van der Waals surface area contributed by atoms with Crippen molar-refractivity contribution in [2.24, 2.45) is 0 Å². The van der Waals surface area contributed by atoms with Crippen LogP contribution in [-0.2, 0) is 16.0 Å². The summed E-state index contributed by atoms with van der Waals surface area (Å²) in [5, 5.41) is 11.8. The van der Waals surface area contributed by atoms with Gasteiger partial charge in [-0.1, -0.05) is 66.7 Å². The van der Waals surface area contributed by atoms with E-state index in [0.29, 0.717) is 0 Å². The lowest BCUT2D eigenvalue weighted by molar-refractivity contribution is -0.139. The second-order valence-corrected chi connectivity index (χ2v) is 7.16. The van der Waals surface area contributed by atoms with E-state index in [0.717, 1.165) is 22.3 Å². The number of nitrogens with one attached hydrogen (secondary N) is 1. The zero-order valence-electron chi connectivity index (χ0n) is 16.0. The van der Waals surface area contributed by atoms with Crippen molar-refractivity contribution in [1.29, 1.82) is 0 Å². The minimum atomic E-state index is -1.29. The Morgan fingerprint density at radius 3 is 2.10 bits per heavy atom. The van der Waals surface area contributed by atoms with Gasteiger partial charge in [-0.15, -0.1) is 0 Å². The first-order chi connectivity index (χ1) is 14.5. The number of amides is 1. The van der Waals surface area contributed by atoms with Crippen LogP contribution in [0.5, 0.6) is 0 Å². The van der Waals surface area contributed by atoms with E-state index < -0.39 is 23.9 Å². The third-order valence-electron chi connectivity index (χ3n) is 5.32. The van der Waals surface area contributed by atoms with Gasteiger partial charge in [0.1, 0.15) is 18.5 Å². The molecule has 2 N–H and O–H groups in total. The number of carbonyl (C=O) groups is 2. The molecule has 0 aliphatic heterocycles. The summed E-state index contributed by atoms with van der Waals surface area (Å²) in [4.78, 5) is 23.9. The predicted molar refractivity (Wildman–Crippen MR) is 110 cm³/mol. The Labute approximate surface area is 173 Å². The molecule has 0 saturated heterocycles. The fourth-order valence-corrected chi connectivity index (χ4v) is 3.87. The quantitative estimate of drug-likeness (QED) is 0.639. The van der Waals surface area contributed by atoms with E-state index in [9.17, 15) is 19.1 Å². The first-order valence-corrected chi connectivity index (χ1v) is 9.62. The molecule has 0 bridgehead atoms. The number of alkyl carbamates (subject to hydrolysis) is 1. The van der Waals surface area contributed by atoms with E-state index in [1.807, 2.05) is 48.5 Å². The van der Waals surface area contributed by atoms with Gasteiger partial charge in [0.2, 0.25) is 0 Å². The second kappa shape index (κ2) is 8.37. The summed E-state index contributed by atoms with van der Waals surface area (Å²) in [6, 6.07) is 20.4. The number of hydrogen-bond acceptors (Lipinski definition) is 3. The molecule has 30 heavy (non-hydrogen) atoms.